The first-order valence-corrected chi connectivity index (χ1v) is 6.11. The Morgan fingerprint density at radius 3 is 2.84 bits per heavy atom. The summed E-state index contributed by atoms with van der Waals surface area (Å²) < 4.78 is 5.51. The van der Waals surface area contributed by atoms with Crippen LogP contribution >= 0.6 is 15.9 Å². The number of halogens is 1. The van der Waals surface area contributed by atoms with Gasteiger partial charge in [0.15, 0.2) is 0 Å². The SMILES string of the molecule is COC(=O)c1cc(N)cnc1Nc1cncc(Br)c1. The standard InChI is InChI=1S/C12H11BrN4O2/c1-19-12(18)10-3-8(14)5-16-11(10)17-9-2-7(13)4-15-6-9/h2-6H,14H2,1H3,(H,16,17). The number of carbonyl (C=O) groups excluding carboxylic acids is 1. The van der Waals surface area contributed by atoms with Crippen LogP contribution in [0.5, 0.6) is 0 Å². The minimum absolute atomic E-state index is 0.266. The highest BCUT2D eigenvalue weighted by atomic mass is 79.9. The number of hydrogen-bond donors (Lipinski definition) is 2. The number of nitrogen functional groups attached to an aromatic ring is 1. The number of ether oxygens (including phenoxy) is 1. The molecule has 0 atom stereocenters. The van der Waals surface area contributed by atoms with Crippen LogP contribution in [0.15, 0.2) is 35.2 Å². The Morgan fingerprint density at radius 1 is 1.37 bits per heavy atom. The Kier molecular flexibility index (Phi) is 3.96. The smallest absolute Gasteiger partial charge is 0.341 e. The molecule has 0 fully saturated rings. The summed E-state index contributed by atoms with van der Waals surface area (Å²) >= 11 is 3.31. The van der Waals surface area contributed by atoms with Crippen molar-refractivity contribution < 1.29 is 9.53 Å². The third-order valence-corrected chi connectivity index (χ3v) is 2.72. The van der Waals surface area contributed by atoms with Gasteiger partial charge in [-0.2, -0.15) is 0 Å². The lowest BCUT2D eigenvalue weighted by atomic mass is 10.2. The summed E-state index contributed by atoms with van der Waals surface area (Å²) in [6.45, 7) is 0. The summed E-state index contributed by atoms with van der Waals surface area (Å²) in [6, 6.07) is 3.32. The molecule has 0 radical (unpaired) electrons. The number of aromatic nitrogens is 2. The highest BCUT2D eigenvalue weighted by molar-refractivity contribution is 9.10. The van der Waals surface area contributed by atoms with Crippen LogP contribution in [0.1, 0.15) is 10.4 Å². The number of nitrogens with two attached hydrogens (primary N) is 1. The van der Waals surface area contributed by atoms with Gasteiger partial charge in [0.25, 0.3) is 0 Å². The van der Waals surface area contributed by atoms with Crippen molar-refractivity contribution in [2.24, 2.45) is 0 Å². The molecular formula is C12H11BrN4O2. The molecule has 7 heteroatoms. The van der Waals surface area contributed by atoms with Gasteiger partial charge in [-0.05, 0) is 28.1 Å². The molecule has 0 aliphatic rings. The maximum atomic E-state index is 11.7. The van der Waals surface area contributed by atoms with E-state index in [1.165, 1.54) is 19.4 Å². The van der Waals surface area contributed by atoms with Gasteiger partial charge in [-0.3, -0.25) is 4.98 Å². The molecule has 0 saturated carbocycles. The summed E-state index contributed by atoms with van der Waals surface area (Å²) in [5.74, 6) is -0.147. The molecule has 0 saturated heterocycles. The average molecular weight is 323 g/mol. The first kappa shape index (κ1) is 13.3. The molecule has 2 aromatic heterocycles. The molecule has 2 rings (SSSR count). The Balaban J connectivity index is 2.37. The number of nitrogens with one attached hydrogen (secondary N) is 1. The summed E-state index contributed by atoms with van der Waals surface area (Å²) in [5.41, 5.74) is 6.96. The number of carbonyl (C=O) groups is 1. The number of nitrogens with zero attached hydrogens (tertiary/aromatic N) is 2. The van der Waals surface area contributed by atoms with Crippen LogP contribution in [0.25, 0.3) is 0 Å². The fourth-order valence-electron chi connectivity index (χ4n) is 1.46. The number of esters is 1. The number of anilines is 3. The second kappa shape index (κ2) is 5.66. The largest absolute Gasteiger partial charge is 0.465 e. The van der Waals surface area contributed by atoms with Gasteiger partial charge in [0.1, 0.15) is 11.4 Å². The Bertz CT molecular complexity index is 618. The van der Waals surface area contributed by atoms with Crippen molar-refractivity contribution in [1.29, 1.82) is 0 Å². The zero-order valence-corrected chi connectivity index (χ0v) is 11.6. The van der Waals surface area contributed by atoms with E-state index in [9.17, 15) is 4.79 Å². The molecule has 3 N–H and O–H groups in total. The van der Waals surface area contributed by atoms with Crippen molar-refractivity contribution >= 4 is 39.1 Å². The normalized spacial score (nSPS) is 10.0. The van der Waals surface area contributed by atoms with E-state index in [0.717, 1.165) is 4.47 Å². The van der Waals surface area contributed by atoms with Crippen molar-refractivity contribution in [1.82, 2.24) is 9.97 Å². The summed E-state index contributed by atoms with van der Waals surface area (Å²) in [4.78, 5) is 19.8. The fourth-order valence-corrected chi connectivity index (χ4v) is 1.83. The molecule has 6 nitrogen and oxygen atoms in total. The molecular weight excluding hydrogens is 312 g/mol. The third-order valence-electron chi connectivity index (χ3n) is 2.28. The number of pyridine rings is 2. The van der Waals surface area contributed by atoms with Crippen LogP contribution in [0.4, 0.5) is 17.2 Å². The molecule has 0 spiro atoms. The van der Waals surface area contributed by atoms with Crippen LogP contribution < -0.4 is 11.1 Å². The maximum Gasteiger partial charge on any atom is 0.341 e. The Hall–Kier alpha value is -2.15. The van der Waals surface area contributed by atoms with Crippen molar-refractivity contribution in [3.63, 3.8) is 0 Å². The fraction of sp³-hybridized carbons (Fsp3) is 0.0833. The third kappa shape index (κ3) is 3.19. The van der Waals surface area contributed by atoms with Gasteiger partial charge < -0.3 is 15.8 Å². The van der Waals surface area contributed by atoms with Crippen LogP contribution in [0.3, 0.4) is 0 Å². The van der Waals surface area contributed by atoms with Gasteiger partial charge in [-0.25, -0.2) is 9.78 Å². The van der Waals surface area contributed by atoms with Crippen molar-refractivity contribution in [3.05, 3.63) is 40.8 Å². The zero-order chi connectivity index (χ0) is 13.8. The second-order valence-corrected chi connectivity index (χ2v) is 4.59. The van der Waals surface area contributed by atoms with Crippen LogP contribution in [-0.4, -0.2) is 23.0 Å². The first-order chi connectivity index (χ1) is 9.10. The highest BCUT2D eigenvalue weighted by Crippen LogP contribution is 2.22. The van der Waals surface area contributed by atoms with E-state index in [4.69, 9.17) is 10.5 Å². The first-order valence-electron chi connectivity index (χ1n) is 5.31. The van der Waals surface area contributed by atoms with Crippen LogP contribution in [-0.2, 0) is 4.74 Å². The van der Waals surface area contributed by atoms with E-state index in [-0.39, 0.29) is 5.56 Å². The van der Waals surface area contributed by atoms with E-state index < -0.39 is 5.97 Å². The zero-order valence-electron chi connectivity index (χ0n) is 10.1. The summed E-state index contributed by atoms with van der Waals surface area (Å²) in [7, 11) is 1.30. The molecule has 0 unspecified atom stereocenters. The highest BCUT2D eigenvalue weighted by Gasteiger charge is 2.14. The van der Waals surface area contributed by atoms with Crippen molar-refractivity contribution in [2.75, 3.05) is 18.2 Å². The molecule has 0 bridgehead atoms. The van der Waals surface area contributed by atoms with Gasteiger partial charge in [0.2, 0.25) is 0 Å². The van der Waals surface area contributed by atoms with E-state index in [1.807, 2.05) is 6.07 Å². The van der Waals surface area contributed by atoms with Crippen molar-refractivity contribution in [3.8, 4) is 0 Å². The Morgan fingerprint density at radius 2 is 2.16 bits per heavy atom. The molecule has 19 heavy (non-hydrogen) atoms. The minimum atomic E-state index is -0.509. The molecule has 0 aliphatic heterocycles. The lowest BCUT2D eigenvalue weighted by Gasteiger charge is -2.10. The van der Waals surface area contributed by atoms with Crippen LogP contribution in [0, 0.1) is 0 Å². The molecule has 0 aromatic carbocycles. The summed E-state index contributed by atoms with van der Waals surface area (Å²) in [6.07, 6.45) is 4.73. The van der Waals surface area contributed by atoms with Gasteiger partial charge in [0, 0.05) is 10.7 Å². The average Bonchev–Trinajstić information content (AvgIpc) is 2.40. The topological polar surface area (TPSA) is 90.1 Å². The maximum absolute atomic E-state index is 11.7. The molecule has 2 heterocycles. The minimum Gasteiger partial charge on any atom is -0.465 e. The van der Waals surface area contributed by atoms with E-state index >= 15 is 0 Å². The number of methoxy groups -OCH3 is 1. The molecule has 0 amide bonds. The lowest BCUT2D eigenvalue weighted by Crippen LogP contribution is -2.08. The molecule has 98 valence electrons. The lowest BCUT2D eigenvalue weighted by molar-refractivity contribution is 0.0601. The quantitative estimate of drug-likeness (QED) is 0.843. The van der Waals surface area contributed by atoms with E-state index in [1.54, 1.807) is 12.4 Å². The predicted molar refractivity (Wildman–Crippen MR) is 75.2 cm³/mol. The van der Waals surface area contributed by atoms with E-state index in [0.29, 0.717) is 17.2 Å². The van der Waals surface area contributed by atoms with E-state index in [2.05, 4.69) is 31.2 Å². The Labute approximate surface area is 118 Å². The van der Waals surface area contributed by atoms with Gasteiger partial charge in [-0.15, -0.1) is 0 Å². The number of hydrogen-bond acceptors (Lipinski definition) is 6. The van der Waals surface area contributed by atoms with Crippen molar-refractivity contribution in [2.45, 2.75) is 0 Å². The van der Waals surface area contributed by atoms with Gasteiger partial charge >= 0.3 is 5.97 Å². The predicted octanol–water partition coefficient (Wildman–Crippen LogP) is 2.35. The summed E-state index contributed by atoms with van der Waals surface area (Å²) in [5, 5.41) is 3.00. The van der Waals surface area contributed by atoms with Gasteiger partial charge in [0.05, 0.1) is 30.9 Å². The molecule has 2 aromatic rings. The second-order valence-electron chi connectivity index (χ2n) is 3.67. The monoisotopic (exact) mass is 322 g/mol. The van der Waals surface area contributed by atoms with Crippen LogP contribution in [0.2, 0.25) is 0 Å². The number of rotatable bonds is 3. The van der Waals surface area contributed by atoms with Gasteiger partial charge in [-0.1, -0.05) is 0 Å². The molecule has 0 aliphatic carbocycles.